The maximum atomic E-state index is 12.0. The molecule has 5 nitrogen and oxygen atoms in total. The van der Waals surface area contributed by atoms with Crippen LogP contribution in [-0.4, -0.2) is 23.5 Å². The van der Waals surface area contributed by atoms with Crippen molar-refractivity contribution in [1.29, 1.82) is 0 Å². The summed E-state index contributed by atoms with van der Waals surface area (Å²) < 4.78 is 5.06. The first-order valence-corrected chi connectivity index (χ1v) is 10.8. The molecule has 0 saturated carbocycles. The number of rotatable bonds is 7. The number of amides is 1. The summed E-state index contributed by atoms with van der Waals surface area (Å²) in [5.41, 5.74) is 1.43. The number of nitrogens with one attached hydrogen (secondary N) is 1. The van der Waals surface area contributed by atoms with Gasteiger partial charge in [-0.2, -0.15) is 0 Å². The predicted octanol–water partition coefficient (Wildman–Crippen LogP) is 5.14. The van der Waals surface area contributed by atoms with Crippen LogP contribution in [-0.2, 0) is 20.7 Å². The first kappa shape index (κ1) is 20.8. The molecule has 0 aliphatic heterocycles. The van der Waals surface area contributed by atoms with Crippen molar-refractivity contribution in [2.45, 2.75) is 19.4 Å². The first-order valence-electron chi connectivity index (χ1n) is 8.30. The Labute approximate surface area is 180 Å². The van der Waals surface area contributed by atoms with E-state index >= 15 is 0 Å². The monoisotopic (exact) mass is 454 g/mol. The zero-order chi connectivity index (χ0) is 20.1. The average Bonchev–Trinajstić information content (AvgIpc) is 3.34. The number of thiazole rings is 1. The molecule has 0 bridgehead atoms. The summed E-state index contributed by atoms with van der Waals surface area (Å²) in [6.45, 7) is 1.45. The van der Waals surface area contributed by atoms with Gasteiger partial charge in [0, 0.05) is 5.38 Å². The van der Waals surface area contributed by atoms with Gasteiger partial charge in [0.2, 0.25) is 0 Å². The molecule has 0 fully saturated rings. The number of halogens is 2. The predicted molar refractivity (Wildman–Crippen MR) is 113 cm³/mol. The van der Waals surface area contributed by atoms with Crippen molar-refractivity contribution in [3.63, 3.8) is 0 Å². The molecule has 0 aliphatic carbocycles. The molecule has 0 saturated heterocycles. The van der Waals surface area contributed by atoms with E-state index in [4.69, 9.17) is 27.9 Å². The van der Waals surface area contributed by atoms with Crippen molar-refractivity contribution in [3.05, 3.63) is 62.4 Å². The number of nitrogens with zero attached hydrogens (tertiary/aromatic N) is 1. The van der Waals surface area contributed by atoms with E-state index < -0.39 is 11.9 Å². The molecule has 1 N–H and O–H groups in total. The zero-order valence-corrected chi connectivity index (χ0v) is 17.9. The van der Waals surface area contributed by atoms with Crippen molar-refractivity contribution < 1.29 is 14.3 Å². The third-order valence-electron chi connectivity index (χ3n) is 3.79. The number of benzene rings is 1. The molecule has 1 aromatic carbocycles. The lowest BCUT2D eigenvalue weighted by Crippen LogP contribution is -2.31. The molecule has 28 heavy (non-hydrogen) atoms. The molecular formula is C19H16Cl2N2O3S2. The smallest absolute Gasteiger partial charge is 0.312 e. The number of carbonyl (C=O) groups is 2. The molecule has 3 rings (SSSR count). The van der Waals surface area contributed by atoms with Gasteiger partial charge in [0.25, 0.3) is 5.91 Å². The van der Waals surface area contributed by atoms with Gasteiger partial charge in [0.05, 0.1) is 33.1 Å². The summed E-state index contributed by atoms with van der Waals surface area (Å²) >= 11 is 14.9. The van der Waals surface area contributed by atoms with E-state index in [1.54, 1.807) is 36.5 Å². The SMILES string of the molecule is CC(NC(=O)COC(=O)Cc1csc(-c2cccs2)n1)c1ccc(Cl)c(Cl)c1. The largest absolute Gasteiger partial charge is 0.455 e. The van der Waals surface area contributed by atoms with Crippen molar-refractivity contribution in [2.75, 3.05) is 6.61 Å². The number of hydrogen-bond acceptors (Lipinski definition) is 6. The summed E-state index contributed by atoms with van der Waals surface area (Å²) in [5.74, 6) is -0.898. The number of hydrogen-bond donors (Lipinski definition) is 1. The Balaban J connectivity index is 1.46. The van der Waals surface area contributed by atoms with Crippen LogP contribution in [0, 0.1) is 0 Å². The highest BCUT2D eigenvalue weighted by atomic mass is 35.5. The van der Waals surface area contributed by atoms with E-state index in [-0.39, 0.29) is 19.1 Å². The maximum Gasteiger partial charge on any atom is 0.312 e. The molecule has 146 valence electrons. The normalized spacial score (nSPS) is 11.8. The Morgan fingerprint density at radius 1 is 1.21 bits per heavy atom. The van der Waals surface area contributed by atoms with Gasteiger partial charge in [0.15, 0.2) is 6.61 Å². The van der Waals surface area contributed by atoms with E-state index in [1.165, 1.54) is 11.3 Å². The lowest BCUT2D eigenvalue weighted by molar-refractivity contribution is -0.148. The first-order chi connectivity index (χ1) is 13.4. The van der Waals surface area contributed by atoms with Gasteiger partial charge in [-0.15, -0.1) is 22.7 Å². The Bertz CT molecular complexity index is 973. The van der Waals surface area contributed by atoms with E-state index in [1.807, 2.05) is 22.9 Å². The third-order valence-corrected chi connectivity index (χ3v) is 6.46. The number of carbonyl (C=O) groups excluding carboxylic acids is 2. The lowest BCUT2D eigenvalue weighted by Gasteiger charge is -2.15. The minimum Gasteiger partial charge on any atom is -0.455 e. The minimum atomic E-state index is -0.500. The van der Waals surface area contributed by atoms with Crippen LogP contribution in [0.3, 0.4) is 0 Å². The molecule has 2 aromatic heterocycles. The van der Waals surface area contributed by atoms with Crippen LogP contribution in [0.1, 0.15) is 24.2 Å². The summed E-state index contributed by atoms with van der Waals surface area (Å²) in [5, 5.41) is 8.28. The second-order valence-corrected chi connectivity index (χ2v) is 8.54. The number of thiophene rings is 1. The Hall–Kier alpha value is -1.93. The van der Waals surface area contributed by atoms with Gasteiger partial charge in [-0.05, 0) is 36.1 Å². The fraction of sp³-hybridized carbons (Fsp3) is 0.211. The van der Waals surface area contributed by atoms with Crippen LogP contribution in [0.4, 0.5) is 0 Å². The van der Waals surface area contributed by atoms with Crippen LogP contribution in [0.15, 0.2) is 41.1 Å². The van der Waals surface area contributed by atoms with Crippen LogP contribution >= 0.6 is 45.9 Å². The van der Waals surface area contributed by atoms with Crippen molar-refractivity contribution in [3.8, 4) is 9.88 Å². The van der Waals surface area contributed by atoms with Gasteiger partial charge in [-0.3, -0.25) is 9.59 Å². The second-order valence-electron chi connectivity index (χ2n) is 5.92. The summed E-state index contributed by atoms with van der Waals surface area (Å²) in [4.78, 5) is 29.5. The Morgan fingerprint density at radius 2 is 2.04 bits per heavy atom. The zero-order valence-electron chi connectivity index (χ0n) is 14.8. The van der Waals surface area contributed by atoms with Crippen molar-refractivity contribution in [1.82, 2.24) is 10.3 Å². The highest BCUT2D eigenvalue weighted by molar-refractivity contribution is 7.20. The number of aromatic nitrogens is 1. The summed E-state index contributed by atoms with van der Waals surface area (Å²) in [7, 11) is 0. The molecular weight excluding hydrogens is 439 g/mol. The molecule has 0 aliphatic rings. The van der Waals surface area contributed by atoms with Crippen LogP contribution in [0.2, 0.25) is 10.0 Å². The number of esters is 1. The van der Waals surface area contributed by atoms with Gasteiger partial charge < -0.3 is 10.1 Å². The molecule has 0 spiro atoms. The fourth-order valence-corrected chi connectivity index (χ4v) is 4.34. The highest BCUT2D eigenvalue weighted by Gasteiger charge is 2.15. The third kappa shape index (κ3) is 5.54. The quantitative estimate of drug-likeness (QED) is 0.501. The Morgan fingerprint density at radius 3 is 2.75 bits per heavy atom. The molecule has 1 atom stereocenters. The van der Waals surface area contributed by atoms with Crippen LogP contribution < -0.4 is 5.32 Å². The molecule has 1 unspecified atom stereocenters. The molecule has 1 amide bonds. The minimum absolute atomic E-state index is 0.0253. The summed E-state index contributed by atoms with van der Waals surface area (Å²) in [6, 6.07) is 8.76. The summed E-state index contributed by atoms with van der Waals surface area (Å²) in [6.07, 6.45) is 0.0253. The van der Waals surface area contributed by atoms with E-state index in [2.05, 4.69) is 10.3 Å². The molecule has 0 radical (unpaired) electrons. The van der Waals surface area contributed by atoms with E-state index in [9.17, 15) is 9.59 Å². The van der Waals surface area contributed by atoms with Gasteiger partial charge >= 0.3 is 5.97 Å². The Kier molecular flexibility index (Phi) is 7.07. The maximum absolute atomic E-state index is 12.0. The van der Waals surface area contributed by atoms with Crippen molar-refractivity contribution in [2.24, 2.45) is 0 Å². The van der Waals surface area contributed by atoms with Gasteiger partial charge in [-0.25, -0.2) is 4.98 Å². The number of ether oxygens (including phenoxy) is 1. The van der Waals surface area contributed by atoms with Gasteiger partial charge in [-0.1, -0.05) is 35.3 Å². The lowest BCUT2D eigenvalue weighted by atomic mass is 10.1. The van der Waals surface area contributed by atoms with E-state index in [0.29, 0.717) is 15.7 Å². The van der Waals surface area contributed by atoms with Gasteiger partial charge in [0.1, 0.15) is 5.01 Å². The van der Waals surface area contributed by atoms with Crippen molar-refractivity contribution >= 4 is 57.8 Å². The fourth-order valence-electron chi connectivity index (χ4n) is 2.39. The highest BCUT2D eigenvalue weighted by Crippen LogP contribution is 2.28. The van der Waals surface area contributed by atoms with Crippen LogP contribution in [0.5, 0.6) is 0 Å². The second kappa shape index (κ2) is 9.52. The molecule has 9 heteroatoms. The molecule has 3 aromatic rings. The molecule has 2 heterocycles. The average molecular weight is 455 g/mol. The van der Waals surface area contributed by atoms with Crippen LogP contribution in [0.25, 0.3) is 9.88 Å². The topological polar surface area (TPSA) is 68.3 Å². The standard InChI is InChI=1S/C19H16Cl2N2O3S2/c1-11(12-4-5-14(20)15(21)7-12)22-17(24)9-26-18(25)8-13-10-28-19(23-13)16-3-2-6-27-16/h2-7,10-11H,8-9H2,1H3,(H,22,24). The van der Waals surface area contributed by atoms with E-state index in [0.717, 1.165) is 15.4 Å².